The number of carbonyl (C=O) groups excluding carboxylic acids is 2. The molecule has 2 aromatic heterocycles. The molecule has 212 valence electrons. The van der Waals surface area contributed by atoms with Crippen molar-refractivity contribution < 1.29 is 28.2 Å². The molecule has 1 amide bonds. The first-order valence-corrected chi connectivity index (χ1v) is 14.1. The number of nitrogens with zero attached hydrogens (tertiary/aromatic N) is 3. The molecule has 0 aliphatic carbocycles. The van der Waals surface area contributed by atoms with Gasteiger partial charge in [0.25, 0.3) is 0 Å². The third-order valence-corrected chi connectivity index (χ3v) is 7.59. The Hall–Kier alpha value is -3.66. The molecule has 40 heavy (non-hydrogen) atoms. The van der Waals surface area contributed by atoms with Gasteiger partial charge in [-0.2, -0.15) is 0 Å². The zero-order chi connectivity index (χ0) is 29.0. The summed E-state index contributed by atoms with van der Waals surface area (Å²) in [5.74, 6) is -0.487. The van der Waals surface area contributed by atoms with Crippen molar-refractivity contribution in [3.8, 4) is 17.0 Å². The molecule has 0 bridgehead atoms. The highest BCUT2D eigenvalue weighted by atomic mass is 32.1. The summed E-state index contributed by atoms with van der Waals surface area (Å²) in [6.45, 7) is 11.5. The lowest BCUT2D eigenvalue weighted by atomic mass is 10.0. The zero-order valence-electron chi connectivity index (χ0n) is 23.8. The summed E-state index contributed by atoms with van der Waals surface area (Å²) in [7, 11) is 1.50. The van der Waals surface area contributed by atoms with Crippen LogP contribution in [-0.2, 0) is 9.47 Å². The number of imidazole rings is 1. The third-order valence-electron chi connectivity index (χ3n) is 6.57. The van der Waals surface area contributed by atoms with Crippen LogP contribution < -0.4 is 4.74 Å². The molecule has 1 unspecified atom stereocenters. The number of fused-ring (bicyclic) bond motifs is 3. The predicted molar refractivity (Wildman–Crippen MR) is 153 cm³/mol. The molecule has 1 aliphatic rings. The minimum absolute atomic E-state index is 0.237. The number of aromatic nitrogens is 2. The lowest BCUT2D eigenvalue weighted by Gasteiger charge is -2.29. The molecule has 8 nitrogen and oxygen atoms in total. The van der Waals surface area contributed by atoms with Crippen molar-refractivity contribution in [2.75, 3.05) is 13.7 Å². The Labute approximate surface area is 236 Å². The fourth-order valence-corrected chi connectivity index (χ4v) is 5.94. The van der Waals surface area contributed by atoms with Crippen LogP contribution in [0.1, 0.15) is 76.3 Å². The largest absolute Gasteiger partial charge is 0.496 e. The maximum atomic E-state index is 15.5. The van der Waals surface area contributed by atoms with Gasteiger partial charge in [0.1, 0.15) is 28.3 Å². The minimum atomic E-state index is -0.638. The molecule has 0 saturated carbocycles. The zero-order valence-corrected chi connectivity index (χ0v) is 24.6. The Morgan fingerprint density at radius 2 is 1.77 bits per heavy atom. The maximum Gasteiger partial charge on any atom is 0.410 e. The summed E-state index contributed by atoms with van der Waals surface area (Å²) in [5, 5.41) is 0. The molecule has 1 aliphatic heterocycles. The van der Waals surface area contributed by atoms with Crippen LogP contribution in [0, 0.1) is 5.82 Å². The molecule has 0 N–H and O–H groups in total. The number of ether oxygens (including phenoxy) is 3. The molecule has 0 spiro atoms. The van der Waals surface area contributed by atoms with E-state index < -0.39 is 23.0 Å². The van der Waals surface area contributed by atoms with Crippen molar-refractivity contribution >= 4 is 38.6 Å². The second-order valence-electron chi connectivity index (χ2n) is 12.0. The second-order valence-corrected chi connectivity index (χ2v) is 13.0. The van der Waals surface area contributed by atoms with Crippen LogP contribution >= 0.6 is 11.3 Å². The Balaban J connectivity index is 1.45. The average molecular weight is 568 g/mol. The van der Waals surface area contributed by atoms with Gasteiger partial charge in [0.05, 0.1) is 29.1 Å². The number of thiazole rings is 1. The number of likely N-dealkylation sites (tertiary alicyclic amines) is 1. The highest BCUT2D eigenvalue weighted by Crippen LogP contribution is 2.37. The van der Waals surface area contributed by atoms with Crippen molar-refractivity contribution in [1.82, 2.24) is 14.3 Å². The highest BCUT2D eigenvalue weighted by molar-refractivity contribution is 7.23. The fraction of sp³-hybridized carbons (Fsp3) is 0.433. The van der Waals surface area contributed by atoms with Crippen molar-refractivity contribution in [1.29, 1.82) is 0 Å². The normalized spacial score (nSPS) is 16.1. The topological polar surface area (TPSA) is 82.4 Å². The summed E-state index contributed by atoms with van der Waals surface area (Å²) >= 11 is 1.39. The quantitative estimate of drug-likeness (QED) is 0.239. The Morgan fingerprint density at radius 3 is 2.42 bits per heavy atom. The van der Waals surface area contributed by atoms with Gasteiger partial charge in [-0.25, -0.2) is 19.0 Å². The summed E-state index contributed by atoms with van der Waals surface area (Å²) in [5.41, 5.74) is 1.48. The number of hydrogen-bond donors (Lipinski definition) is 0. The van der Waals surface area contributed by atoms with Crippen molar-refractivity contribution in [3.05, 3.63) is 53.5 Å². The third kappa shape index (κ3) is 5.50. The molecular formula is C30H34FN3O5S. The van der Waals surface area contributed by atoms with Gasteiger partial charge in [-0.15, -0.1) is 0 Å². The second kappa shape index (κ2) is 10.1. The number of amides is 1. The standard InChI is InChI=1S/C30H34FN3O5S/c1-29(2,3)38-26(35)19-14-25-23(15-24(19)37-7)34-16-21(32-27(34)40-25)18-11-10-17(13-20(18)31)22-9-8-12-33(22)28(36)39-30(4,5)6/h10-11,13-16,22H,8-9,12H2,1-7H3. The van der Waals surface area contributed by atoms with E-state index in [0.29, 0.717) is 34.1 Å². The smallest absolute Gasteiger partial charge is 0.410 e. The Morgan fingerprint density at radius 1 is 1.05 bits per heavy atom. The first-order chi connectivity index (χ1) is 18.7. The molecule has 10 heteroatoms. The molecule has 2 aromatic carbocycles. The lowest BCUT2D eigenvalue weighted by Crippen LogP contribution is -2.36. The molecule has 1 fully saturated rings. The van der Waals surface area contributed by atoms with E-state index in [9.17, 15) is 9.59 Å². The van der Waals surface area contributed by atoms with Gasteiger partial charge < -0.3 is 19.1 Å². The lowest BCUT2D eigenvalue weighted by molar-refractivity contribution is 0.00659. The van der Waals surface area contributed by atoms with Gasteiger partial charge >= 0.3 is 12.1 Å². The fourth-order valence-electron chi connectivity index (χ4n) is 4.92. The van der Waals surface area contributed by atoms with E-state index in [1.807, 2.05) is 52.0 Å². The highest BCUT2D eigenvalue weighted by Gasteiger charge is 2.33. The van der Waals surface area contributed by atoms with E-state index in [4.69, 9.17) is 14.2 Å². The van der Waals surface area contributed by atoms with E-state index in [1.165, 1.54) is 24.5 Å². The first kappa shape index (κ1) is 27.9. The Kier molecular flexibility index (Phi) is 7.02. The number of esters is 1. The molecular weight excluding hydrogens is 533 g/mol. The Bertz CT molecular complexity index is 1610. The SMILES string of the molecule is COc1cc2c(cc1C(=O)OC(C)(C)C)sc1nc(-c3ccc(C4CCCN4C(=O)OC(C)(C)C)cc3F)cn12. The number of benzene rings is 2. The van der Waals surface area contributed by atoms with Crippen molar-refractivity contribution in [2.45, 2.75) is 71.6 Å². The number of carbonyl (C=O) groups is 2. The average Bonchev–Trinajstić information content (AvgIpc) is 3.55. The maximum absolute atomic E-state index is 15.5. The van der Waals surface area contributed by atoms with Crippen LogP contribution in [0.5, 0.6) is 5.75 Å². The first-order valence-electron chi connectivity index (χ1n) is 13.3. The van der Waals surface area contributed by atoms with Gasteiger partial charge in [0, 0.05) is 24.4 Å². The summed E-state index contributed by atoms with van der Waals surface area (Å²) in [4.78, 5) is 32.5. The van der Waals surface area contributed by atoms with Crippen molar-refractivity contribution in [2.24, 2.45) is 0 Å². The molecule has 0 radical (unpaired) electrons. The number of hydrogen-bond acceptors (Lipinski definition) is 7. The molecule has 3 heterocycles. The van der Waals surface area contributed by atoms with Crippen LogP contribution in [0.3, 0.4) is 0 Å². The van der Waals surface area contributed by atoms with Gasteiger partial charge in [-0.1, -0.05) is 17.4 Å². The van der Waals surface area contributed by atoms with E-state index in [1.54, 1.807) is 29.3 Å². The molecule has 4 aromatic rings. The van der Waals surface area contributed by atoms with Crippen molar-refractivity contribution in [3.63, 3.8) is 0 Å². The summed E-state index contributed by atoms with van der Waals surface area (Å²) < 4.78 is 34.8. The van der Waals surface area contributed by atoms with E-state index in [0.717, 1.165) is 28.6 Å². The van der Waals surface area contributed by atoms with Crippen LogP contribution in [0.15, 0.2) is 36.5 Å². The van der Waals surface area contributed by atoms with Crippen LogP contribution in [0.2, 0.25) is 0 Å². The van der Waals surface area contributed by atoms with E-state index >= 15 is 4.39 Å². The molecule has 1 saturated heterocycles. The minimum Gasteiger partial charge on any atom is -0.496 e. The monoisotopic (exact) mass is 567 g/mol. The molecule has 1 atom stereocenters. The molecule has 5 rings (SSSR count). The van der Waals surface area contributed by atoms with E-state index in [-0.39, 0.29) is 12.1 Å². The number of rotatable bonds is 4. The number of halogens is 1. The van der Waals surface area contributed by atoms with Crippen LogP contribution in [0.4, 0.5) is 9.18 Å². The van der Waals surface area contributed by atoms with Crippen LogP contribution in [-0.4, -0.2) is 51.2 Å². The van der Waals surface area contributed by atoms with Crippen LogP contribution in [0.25, 0.3) is 26.4 Å². The predicted octanol–water partition coefficient (Wildman–Crippen LogP) is 7.39. The summed E-state index contributed by atoms with van der Waals surface area (Å²) in [6.07, 6.45) is 2.97. The number of methoxy groups -OCH3 is 1. The van der Waals surface area contributed by atoms with Gasteiger partial charge in [0.15, 0.2) is 4.96 Å². The van der Waals surface area contributed by atoms with Gasteiger partial charge in [0.2, 0.25) is 0 Å². The van der Waals surface area contributed by atoms with E-state index in [2.05, 4.69) is 4.98 Å². The summed E-state index contributed by atoms with van der Waals surface area (Å²) in [6, 6.07) is 8.34. The van der Waals surface area contributed by atoms with Gasteiger partial charge in [-0.05, 0) is 78.1 Å². The van der Waals surface area contributed by atoms with Gasteiger partial charge in [-0.3, -0.25) is 4.40 Å².